The maximum atomic E-state index is 11.9. The van der Waals surface area contributed by atoms with E-state index >= 15 is 0 Å². The van der Waals surface area contributed by atoms with E-state index < -0.39 is 0 Å². The summed E-state index contributed by atoms with van der Waals surface area (Å²) in [5.74, 6) is 0.0192. The number of rotatable bonds is 7. The van der Waals surface area contributed by atoms with Gasteiger partial charge in [0.05, 0.1) is 6.42 Å². The minimum Gasteiger partial charge on any atom is -0.384 e. The molecule has 0 atom stereocenters. The standard InChI is InChI=1S/C16H21N3OS/c1-19(2)10-9-17-13-5-7-14(8-6-13)18-16(20)12-15-4-3-11-21-15/h3-8,11,17H,9-10,12H2,1-2H3,(H,18,20). The Morgan fingerprint density at radius 3 is 2.48 bits per heavy atom. The Hall–Kier alpha value is -1.85. The molecule has 0 fully saturated rings. The fourth-order valence-electron chi connectivity index (χ4n) is 1.87. The molecular weight excluding hydrogens is 282 g/mol. The van der Waals surface area contributed by atoms with Crippen LogP contribution in [0.2, 0.25) is 0 Å². The maximum Gasteiger partial charge on any atom is 0.229 e. The van der Waals surface area contributed by atoms with Crippen molar-refractivity contribution in [3.63, 3.8) is 0 Å². The SMILES string of the molecule is CN(C)CCNc1ccc(NC(=O)Cc2cccs2)cc1. The van der Waals surface area contributed by atoms with E-state index in [0.29, 0.717) is 6.42 Å². The first-order valence-corrected chi connectivity index (χ1v) is 7.82. The minimum atomic E-state index is 0.0192. The van der Waals surface area contributed by atoms with Gasteiger partial charge in [-0.05, 0) is 49.8 Å². The Kier molecular flexibility index (Phi) is 5.78. The van der Waals surface area contributed by atoms with Gasteiger partial charge >= 0.3 is 0 Å². The molecule has 1 heterocycles. The molecule has 0 spiro atoms. The summed E-state index contributed by atoms with van der Waals surface area (Å²) >= 11 is 1.60. The Morgan fingerprint density at radius 1 is 1.14 bits per heavy atom. The van der Waals surface area contributed by atoms with E-state index in [4.69, 9.17) is 0 Å². The van der Waals surface area contributed by atoms with E-state index in [-0.39, 0.29) is 5.91 Å². The number of nitrogens with zero attached hydrogens (tertiary/aromatic N) is 1. The lowest BCUT2D eigenvalue weighted by atomic mass is 10.2. The molecule has 1 aromatic carbocycles. The Balaban J connectivity index is 1.80. The summed E-state index contributed by atoms with van der Waals surface area (Å²) in [6, 6.07) is 11.7. The fraction of sp³-hybridized carbons (Fsp3) is 0.312. The van der Waals surface area contributed by atoms with Gasteiger partial charge in [0.15, 0.2) is 0 Å². The summed E-state index contributed by atoms with van der Waals surface area (Å²) < 4.78 is 0. The predicted molar refractivity (Wildman–Crippen MR) is 90.1 cm³/mol. The van der Waals surface area contributed by atoms with Crippen LogP contribution in [0.1, 0.15) is 4.88 Å². The third-order valence-corrected chi connectivity index (χ3v) is 3.85. The highest BCUT2D eigenvalue weighted by Gasteiger charge is 2.04. The van der Waals surface area contributed by atoms with Gasteiger partial charge in [0.1, 0.15) is 0 Å². The summed E-state index contributed by atoms with van der Waals surface area (Å²) in [4.78, 5) is 15.1. The second kappa shape index (κ2) is 7.81. The van der Waals surface area contributed by atoms with E-state index in [2.05, 4.69) is 15.5 Å². The van der Waals surface area contributed by atoms with Gasteiger partial charge in [0, 0.05) is 29.3 Å². The van der Waals surface area contributed by atoms with Crippen LogP contribution in [0.25, 0.3) is 0 Å². The van der Waals surface area contributed by atoms with Crippen molar-refractivity contribution in [2.75, 3.05) is 37.8 Å². The van der Waals surface area contributed by atoms with Gasteiger partial charge in [-0.1, -0.05) is 6.07 Å². The van der Waals surface area contributed by atoms with Crippen LogP contribution in [0.4, 0.5) is 11.4 Å². The summed E-state index contributed by atoms with van der Waals surface area (Å²) in [6.45, 7) is 1.89. The second-order valence-corrected chi connectivity index (χ2v) is 6.14. The zero-order valence-corrected chi connectivity index (χ0v) is 13.2. The van der Waals surface area contributed by atoms with E-state index in [9.17, 15) is 4.79 Å². The largest absolute Gasteiger partial charge is 0.384 e. The first-order chi connectivity index (χ1) is 10.1. The molecule has 0 radical (unpaired) electrons. The first kappa shape index (κ1) is 15.5. The van der Waals surface area contributed by atoms with Crippen LogP contribution < -0.4 is 10.6 Å². The molecule has 112 valence electrons. The van der Waals surface area contributed by atoms with Gasteiger partial charge in [-0.25, -0.2) is 0 Å². The van der Waals surface area contributed by atoms with Gasteiger partial charge in [0.2, 0.25) is 5.91 Å². The number of amides is 1. The summed E-state index contributed by atoms with van der Waals surface area (Å²) in [5.41, 5.74) is 1.89. The Bertz CT molecular complexity index is 549. The van der Waals surface area contributed by atoms with Crippen molar-refractivity contribution in [1.29, 1.82) is 0 Å². The lowest BCUT2D eigenvalue weighted by Crippen LogP contribution is -2.20. The van der Waals surface area contributed by atoms with E-state index in [1.807, 2.05) is 55.9 Å². The summed E-state index contributed by atoms with van der Waals surface area (Å²) in [5, 5.41) is 8.24. The molecule has 2 aromatic rings. The molecule has 0 saturated carbocycles. The van der Waals surface area contributed by atoms with Crippen molar-refractivity contribution in [2.45, 2.75) is 6.42 Å². The van der Waals surface area contributed by atoms with Crippen LogP contribution in [0, 0.1) is 0 Å². The van der Waals surface area contributed by atoms with Crippen LogP contribution in [-0.2, 0) is 11.2 Å². The second-order valence-electron chi connectivity index (χ2n) is 5.11. The number of carbonyl (C=O) groups is 1. The van der Waals surface area contributed by atoms with Gasteiger partial charge in [-0.15, -0.1) is 11.3 Å². The molecule has 2 rings (SSSR count). The Labute approximate surface area is 129 Å². The molecular formula is C16H21N3OS. The number of likely N-dealkylation sites (N-methyl/N-ethyl adjacent to an activating group) is 1. The van der Waals surface area contributed by atoms with Crippen molar-refractivity contribution in [3.8, 4) is 0 Å². The number of benzene rings is 1. The quantitative estimate of drug-likeness (QED) is 0.826. The molecule has 0 aliphatic carbocycles. The highest BCUT2D eigenvalue weighted by atomic mass is 32.1. The summed E-state index contributed by atoms with van der Waals surface area (Å²) in [7, 11) is 4.10. The minimum absolute atomic E-state index is 0.0192. The van der Waals surface area contributed by atoms with Crippen molar-refractivity contribution < 1.29 is 4.79 Å². The third kappa shape index (κ3) is 5.57. The molecule has 0 unspecified atom stereocenters. The van der Waals surface area contributed by atoms with Crippen LogP contribution >= 0.6 is 11.3 Å². The monoisotopic (exact) mass is 303 g/mol. The van der Waals surface area contributed by atoms with E-state index in [1.54, 1.807) is 11.3 Å². The van der Waals surface area contributed by atoms with Gasteiger partial charge in [0.25, 0.3) is 0 Å². The highest BCUT2D eigenvalue weighted by Crippen LogP contribution is 2.15. The molecule has 1 amide bonds. The average Bonchev–Trinajstić information content (AvgIpc) is 2.93. The predicted octanol–water partition coefficient (Wildman–Crippen LogP) is 2.90. The molecule has 0 saturated heterocycles. The normalized spacial score (nSPS) is 10.6. The van der Waals surface area contributed by atoms with E-state index in [0.717, 1.165) is 29.3 Å². The van der Waals surface area contributed by atoms with Gasteiger partial charge < -0.3 is 15.5 Å². The first-order valence-electron chi connectivity index (χ1n) is 6.94. The van der Waals surface area contributed by atoms with Crippen molar-refractivity contribution >= 4 is 28.6 Å². The lowest BCUT2D eigenvalue weighted by Gasteiger charge is -2.12. The van der Waals surface area contributed by atoms with Gasteiger partial charge in [-0.2, -0.15) is 0 Å². The summed E-state index contributed by atoms with van der Waals surface area (Å²) in [6.07, 6.45) is 0.431. The molecule has 0 aliphatic rings. The lowest BCUT2D eigenvalue weighted by molar-refractivity contribution is -0.115. The Morgan fingerprint density at radius 2 is 1.86 bits per heavy atom. The van der Waals surface area contributed by atoms with Crippen molar-refractivity contribution in [1.82, 2.24) is 4.90 Å². The molecule has 4 nitrogen and oxygen atoms in total. The van der Waals surface area contributed by atoms with Crippen LogP contribution in [-0.4, -0.2) is 38.0 Å². The van der Waals surface area contributed by atoms with Crippen LogP contribution in [0.5, 0.6) is 0 Å². The fourth-order valence-corrected chi connectivity index (χ4v) is 2.58. The van der Waals surface area contributed by atoms with Gasteiger partial charge in [-0.3, -0.25) is 4.79 Å². The van der Waals surface area contributed by atoms with Crippen LogP contribution in [0.3, 0.4) is 0 Å². The molecule has 5 heteroatoms. The number of nitrogens with one attached hydrogen (secondary N) is 2. The molecule has 0 bridgehead atoms. The number of hydrogen-bond acceptors (Lipinski definition) is 4. The smallest absolute Gasteiger partial charge is 0.229 e. The van der Waals surface area contributed by atoms with Crippen LogP contribution in [0.15, 0.2) is 41.8 Å². The third-order valence-electron chi connectivity index (χ3n) is 2.97. The zero-order chi connectivity index (χ0) is 15.1. The number of thiophene rings is 1. The zero-order valence-electron chi connectivity index (χ0n) is 12.4. The highest BCUT2D eigenvalue weighted by molar-refractivity contribution is 7.10. The molecule has 21 heavy (non-hydrogen) atoms. The molecule has 0 aliphatic heterocycles. The molecule has 1 aromatic heterocycles. The molecule has 2 N–H and O–H groups in total. The maximum absolute atomic E-state index is 11.9. The van der Waals surface area contributed by atoms with Crippen molar-refractivity contribution in [2.24, 2.45) is 0 Å². The average molecular weight is 303 g/mol. The number of hydrogen-bond donors (Lipinski definition) is 2. The number of carbonyl (C=O) groups excluding carboxylic acids is 1. The topological polar surface area (TPSA) is 44.4 Å². The van der Waals surface area contributed by atoms with Crippen molar-refractivity contribution in [3.05, 3.63) is 46.7 Å². The van der Waals surface area contributed by atoms with E-state index in [1.165, 1.54) is 0 Å². The number of anilines is 2.